The Balaban J connectivity index is 1.41. The molecular formula is C19H19N3O3S. The monoisotopic (exact) mass is 369 g/mol. The van der Waals surface area contributed by atoms with Gasteiger partial charge in [-0.15, -0.1) is 16.4 Å². The van der Waals surface area contributed by atoms with Crippen molar-refractivity contribution in [1.29, 1.82) is 0 Å². The SMILES string of the molecule is CC[C@@H]1c2ccsc2CCN1C(=O)COc1nnc(-c2ccccc2)o1. The molecule has 2 aromatic heterocycles. The van der Waals surface area contributed by atoms with Gasteiger partial charge in [0.2, 0.25) is 0 Å². The van der Waals surface area contributed by atoms with Gasteiger partial charge in [-0.25, -0.2) is 0 Å². The van der Waals surface area contributed by atoms with Crippen molar-refractivity contribution in [1.82, 2.24) is 15.1 Å². The van der Waals surface area contributed by atoms with Crippen molar-refractivity contribution < 1.29 is 13.9 Å². The highest BCUT2D eigenvalue weighted by molar-refractivity contribution is 7.10. The lowest BCUT2D eigenvalue weighted by Crippen LogP contribution is -2.41. The second-order valence-electron chi connectivity index (χ2n) is 6.09. The van der Waals surface area contributed by atoms with Gasteiger partial charge in [0.05, 0.1) is 6.04 Å². The summed E-state index contributed by atoms with van der Waals surface area (Å²) in [5, 5.41) is 9.93. The number of nitrogens with zero attached hydrogens (tertiary/aromatic N) is 3. The lowest BCUT2D eigenvalue weighted by molar-refractivity contribution is -0.136. The van der Waals surface area contributed by atoms with Gasteiger partial charge in [-0.05, 0) is 42.0 Å². The van der Waals surface area contributed by atoms with Crippen molar-refractivity contribution >= 4 is 17.2 Å². The number of carbonyl (C=O) groups excluding carboxylic acids is 1. The first kappa shape index (κ1) is 16.8. The fraction of sp³-hybridized carbons (Fsp3) is 0.316. The molecule has 0 unspecified atom stereocenters. The zero-order chi connectivity index (χ0) is 17.9. The van der Waals surface area contributed by atoms with Crippen molar-refractivity contribution in [2.75, 3.05) is 13.2 Å². The molecule has 1 aliphatic rings. The quantitative estimate of drug-likeness (QED) is 0.686. The van der Waals surface area contributed by atoms with Crippen LogP contribution in [0.2, 0.25) is 0 Å². The predicted octanol–water partition coefficient (Wildman–Crippen LogP) is 3.71. The van der Waals surface area contributed by atoms with E-state index in [9.17, 15) is 4.79 Å². The average molecular weight is 369 g/mol. The van der Waals surface area contributed by atoms with Crippen molar-refractivity contribution in [3.8, 4) is 17.5 Å². The van der Waals surface area contributed by atoms with Crippen LogP contribution in [0.3, 0.4) is 0 Å². The number of rotatable bonds is 5. The van der Waals surface area contributed by atoms with Crippen molar-refractivity contribution in [3.05, 3.63) is 52.2 Å². The fourth-order valence-electron chi connectivity index (χ4n) is 3.31. The van der Waals surface area contributed by atoms with Crippen molar-refractivity contribution in [2.24, 2.45) is 0 Å². The van der Waals surface area contributed by atoms with E-state index in [4.69, 9.17) is 9.15 Å². The van der Waals surface area contributed by atoms with Gasteiger partial charge in [0.15, 0.2) is 6.61 Å². The topological polar surface area (TPSA) is 68.5 Å². The Morgan fingerprint density at radius 1 is 1.31 bits per heavy atom. The van der Waals surface area contributed by atoms with E-state index in [1.807, 2.05) is 35.2 Å². The van der Waals surface area contributed by atoms with Crippen LogP contribution in [0.15, 0.2) is 46.2 Å². The molecule has 0 aliphatic carbocycles. The molecule has 1 amide bonds. The number of ether oxygens (including phenoxy) is 1. The molecule has 0 spiro atoms. The van der Waals surface area contributed by atoms with Crippen molar-refractivity contribution in [2.45, 2.75) is 25.8 Å². The summed E-state index contributed by atoms with van der Waals surface area (Å²) in [5.74, 6) is 0.313. The van der Waals surface area contributed by atoms with Crippen molar-refractivity contribution in [3.63, 3.8) is 0 Å². The number of benzene rings is 1. The third-order valence-electron chi connectivity index (χ3n) is 4.55. The molecule has 26 heavy (non-hydrogen) atoms. The summed E-state index contributed by atoms with van der Waals surface area (Å²) in [6.45, 7) is 2.71. The first-order chi connectivity index (χ1) is 12.8. The normalized spacial score (nSPS) is 16.3. The molecule has 4 rings (SSSR count). The molecule has 7 heteroatoms. The second kappa shape index (κ2) is 7.29. The molecule has 0 N–H and O–H groups in total. The van der Waals surface area contributed by atoms with Crippen LogP contribution in [-0.2, 0) is 11.2 Å². The Hall–Kier alpha value is -2.67. The van der Waals surface area contributed by atoms with Gasteiger partial charge in [0.1, 0.15) is 0 Å². The standard InChI is InChI=1S/C19H19N3O3S/c1-2-15-14-9-11-26-16(14)8-10-22(15)17(23)12-24-19-21-20-18(25-19)13-6-4-3-5-7-13/h3-7,9,11,15H,2,8,10,12H2,1H3/t15-/m1/s1. The minimum absolute atomic E-state index is 0.0125. The minimum atomic E-state index is -0.105. The Labute approximate surface area is 155 Å². The number of aromatic nitrogens is 2. The van der Waals surface area contributed by atoms with Crippen LogP contribution in [0.5, 0.6) is 6.08 Å². The summed E-state index contributed by atoms with van der Waals surface area (Å²) >= 11 is 1.77. The average Bonchev–Trinajstić information content (AvgIpc) is 3.35. The lowest BCUT2D eigenvalue weighted by Gasteiger charge is -2.35. The van der Waals surface area contributed by atoms with E-state index >= 15 is 0 Å². The van der Waals surface area contributed by atoms with E-state index in [2.05, 4.69) is 28.6 Å². The first-order valence-corrected chi connectivity index (χ1v) is 9.51. The van der Waals surface area contributed by atoms with Gasteiger partial charge < -0.3 is 14.1 Å². The molecule has 0 fully saturated rings. The first-order valence-electron chi connectivity index (χ1n) is 8.63. The summed E-state index contributed by atoms with van der Waals surface area (Å²) in [6, 6.07) is 11.7. The Kier molecular flexibility index (Phi) is 4.71. The Bertz CT molecular complexity index is 890. The van der Waals surface area contributed by atoms with Gasteiger partial charge >= 0.3 is 6.08 Å². The van der Waals surface area contributed by atoms with Crippen LogP contribution in [0.1, 0.15) is 29.8 Å². The molecule has 1 aromatic carbocycles. The molecule has 6 nitrogen and oxygen atoms in total. The molecule has 3 heterocycles. The van der Waals surface area contributed by atoms with E-state index in [1.54, 1.807) is 11.3 Å². The van der Waals surface area contributed by atoms with E-state index < -0.39 is 0 Å². The molecule has 0 saturated carbocycles. The number of amides is 1. The molecule has 1 atom stereocenters. The molecule has 134 valence electrons. The van der Waals surface area contributed by atoms with Crippen LogP contribution < -0.4 is 4.74 Å². The van der Waals surface area contributed by atoms with Crippen LogP contribution >= 0.6 is 11.3 Å². The van der Waals surface area contributed by atoms with E-state index in [0.717, 1.165) is 18.4 Å². The maximum Gasteiger partial charge on any atom is 0.415 e. The molecule has 0 bridgehead atoms. The smallest absolute Gasteiger partial charge is 0.415 e. The van der Waals surface area contributed by atoms with Gasteiger partial charge in [0.25, 0.3) is 11.8 Å². The molecule has 1 aliphatic heterocycles. The number of fused-ring (bicyclic) bond motifs is 1. The highest BCUT2D eigenvalue weighted by atomic mass is 32.1. The van der Waals surface area contributed by atoms with Gasteiger partial charge in [-0.2, -0.15) is 0 Å². The zero-order valence-electron chi connectivity index (χ0n) is 14.4. The number of hydrogen-bond acceptors (Lipinski definition) is 6. The fourth-order valence-corrected chi connectivity index (χ4v) is 4.24. The van der Waals surface area contributed by atoms with Crippen LogP contribution in [0, 0.1) is 0 Å². The number of hydrogen-bond donors (Lipinski definition) is 0. The van der Waals surface area contributed by atoms with E-state index in [0.29, 0.717) is 12.4 Å². The maximum absolute atomic E-state index is 12.7. The molecule has 0 radical (unpaired) electrons. The van der Waals surface area contributed by atoms with Gasteiger partial charge in [-0.3, -0.25) is 4.79 Å². The van der Waals surface area contributed by atoms with Crippen LogP contribution in [0.4, 0.5) is 0 Å². The Morgan fingerprint density at radius 2 is 2.15 bits per heavy atom. The van der Waals surface area contributed by atoms with Crippen LogP contribution in [0.25, 0.3) is 11.5 Å². The van der Waals surface area contributed by atoms with Crippen LogP contribution in [-0.4, -0.2) is 34.2 Å². The minimum Gasteiger partial charge on any atom is -0.439 e. The number of thiophene rings is 1. The third-order valence-corrected chi connectivity index (χ3v) is 5.54. The Morgan fingerprint density at radius 3 is 2.96 bits per heavy atom. The third kappa shape index (κ3) is 3.22. The molecular weight excluding hydrogens is 350 g/mol. The van der Waals surface area contributed by atoms with E-state index in [1.165, 1.54) is 10.4 Å². The molecule has 3 aromatic rings. The number of carbonyl (C=O) groups is 1. The summed E-state index contributed by atoms with van der Waals surface area (Å²) < 4.78 is 10.9. The van der Waals surface area contributed by atoms with Gasteiger partial charge in [0, 0.05) is 17.0 Å². The molecule has 0 saturated heterocycles. The summed E-state index contributed by atoms with van der Waals surface area (Å²) in [4.78, 5) is 15.9. The predicted molar refractivity (Wildman–Crippen MR) is 98.0 cm³/mol. The van der Waals surface area contributed by atoms with Gasteiger partial charge in [-0.1, -0.05) is 30.2 Å². The highest BCUT2D eigenvalue weighted by Crippen LogP contribution is 2.35. The van der Waals surface area contributed by atoms with E-state index in [-0.39, 0.29) is 24.6 Å². The lowest BCUT2D eigenvalue weighted by atomic mass is 9.98. The summed E-state index contributed by atoms with van der Waals surface area (Å²) in [7, 11) is 0. The zero-order valence-corrected chi connectivity index (χ0v) is 15.2. The second-order valence-corrected chi connectivity index (χ2v) is 7.09. The summed E-state index contributed by atoms with van der Waals surface area (Å²) in [5.41, 5.74) is 2.08. The largest absolute Gasteiger partial charge is 0.439 e. The highest BCUT2D eigenvalue weighted by Gasteiger charge is 2.30. The maximum atomic E-state index is 12.7. The summed E-state index contributed by atoms with van der Waals surface area (Å²) in [6.07, 6.45) is 1.79.